The van der Waals surface area contributed by atoms with Gasteiger partial charge in [-0.25, -0.2) is 4.98 Å². The summed E-state index contributed by atoms with van der Waals surface area (Å²) in [6, 6.07) is 2.12. The third kappa shape index (κ3) is 4.94. The van der Waals surface area contributed by atoms with Crippen LogP contribution in [-0.4, -0.2) is 24.5 Å². The van der Waals surface area contributed by atoms with Crippen molar-refractivity contribution in [1.82, 2.24) is 15.6 Å². The topological polar surface area (TPSA) is 49.3 Å². The summed E-state index contributed by atoms with van der Waals surface area (Å²) in [6.45, 7) is 3.76. The number of hydrogen-bond acceptors (Lipinski definition) is 4. The number of aromatic nitrogens is 1. The van der Waals surface area contributed by atoms with Crippen LogP contribution in [0.5, 0.6) is 0 Å². The lowest BCUT2D eigenvalue weighted by Crippen LogP contribution is -2.37. The zero-order chi connectivity index (χ0) is 14.2. The lowest BCUT2D eigenvalue weighted by Gasteiger charge is -2.10. The summed E-state index contributed by atoms with van der Waals surface area (Å²) in [5, 5.41) is 14.2. The molecular weight excluding hydrogens is 288 g/mol. The van der Waals surface area contributed by atoms with Gasteiger partial charge in [0, 0.05) is 37.6 Å². The highest BCUT2D eigenvalue weighted by atomic mass is 32.1. The largest absolute Gasteiger partial charge is 0.356 e. The summed E-state index contributed by atoms with van der Waals surface area (Å²) < 4.78 is 0. The fourth-order valence-electron chi connectivity index (χ4n) is 1.76. The van der Waals surface area contributed by atoms with E-state index in [0.29, 0.717) is 0 Å². The maximum absolute atomic E-state index is 4.46. The summed E-state index contributed by atoms with van der Waals surface area (Å²) >= 11 is 3.45. The Morgan fingerprint density at radius 2 is 2.25 bits per heavy atom. The van der Waals surface area contributed by atoms with Gasteiger partial charge in [0.2, 0.25) is 0 Å². The van der Waals surface area contributed by atoms with Crippen molar-refractivity contribution in [2.45, 2.75) is 26.3 Å². The van der Waals surface area contributed by atoms with E-state index in [0.717, 1.165) is 37.6 Å². The van der Waals surface area contributed by atoms with E-state index >= 15 is 0 Å². The smallest absolute Gasteiger partial charge is 0.191 e. The SMILES string of the molecule is CN=C(NCCCc1nc(C)cs1)NCc1ccsc1. The number of thiazole rings is 1. The molecule has 0 fully saturated rings. The number of hydrogen-bond donors (Lipinski definition) is 2. The molecule has 0 aliphatic carbocycles. The Labute approximate surface area is 128 Å². The van der Waals surface area contributed by atoms with Crippen LogP contribution in [0, 0.1) is 6.92 Å². The molecule has 0 saturated carbocycles. The molecule has 20 heavy (non-hydrogen) atoms. The van der Waals surface area contributed by atoms with Crippen molar-refractivity contribution < 1.29 is 0 Å². The highest BCUT2D eigenvalue weighted by Crippen LogP contribution is 2.10. The first-order chi connectivity index (χ1) is 9.78. The first-order valence-corrected chi connectivity index (χ1v) is 8.47. The van der Waals surface area contributed by atoms with Crippen molar-refractivity contribution in [2.24, 2.45) is 4.99 Å². The molecule has 0 bridgehead atoms. The van der Waals surface area contributed by atoms with Gasteiger partial charge in [-0.15, -0.1) is 11.3 Å². The monoisotopic (exact) mass is 308 g/mol. The molecule has 0 aliphatic rings. The van der Waals surface area contributed by atoms with Crippen LogP contribution < -0.4 is 10.6 Å². The van der Waals surface area contributed by atoms with Crippen LogP contribution >= 0.6 is 22.7 Å². The average molecular weight is 308 g/mol. The van der Waals surface area contributed by atoms with Gasteiger partial charge in [0.05, 0.1) is 5.01 Å². The third-order valence-electron chi connectivity index (χ3n) is 2.79. The Morgan fingerprint density at radius 3 is 2.90 bits per heavy atom. The first kappa shape index (κ1) is 15.0. The molecule has 0 aliphatic heterocycles. The van der Waals surface area contributed by atoms with Crippen LogP contribution in [0.25, 0.3) is 0 Å². The standard InChI is InChI=1S/C14H20N4S2/c1-11-9-20-13(18-11)4-3-6-16-14(15-2)17-8-12-5-7-19-10-12/h5,7,9-10H,3-4,6,8H2,1-2H3,(H2,15,16,17). The molecule has 2 rings (SSSR count). The zero-order valence-electron chi connectivity index (χ0n) is 11.8. The molecule has 4 nitrogen and oxygen atoms in total. The minimum absolute atomic E-state index is 0.814. The number of rotatable bonds is 6. The summed E-state index contributed by atoms with van der Waals surface area (Å²) in [5.74, 6) is 0.853. The molecule has 108 valence electrons. The molecule has 0 amide bonds. The van der Waals surface area contributed by atoms with E-state index in [1.54, 1.807) is 29.7 Å². The van der Waals surface area contributed by atoms with Gasteiger partial charge >= 0.3 is 0 Å². The Bertz CT molecular complexity index is 531. The highest BCUT2D eigenvalue weighted by Gasteiger charge is 2.00. The predicted molar refractivity (Wildman–Crippen MR) is 87.7 cm³/mol. The molecule has 0 atom stereocenters. The van der Waals surface area contributed by atoms with Crippen molar-refractivity contribution >= 4 is 28.6 Å². The molecule has 2 heterocycles. The Kier molecular flexibility index (Phi) is 6.01. The molecular formula is C14H20N4S2. The number of aliphatic imine (C=N–C) groups is 1. The van der Waals surface area contributed by atoms with Gasteiger partial charge in [-0.1, -0.05) is 0 Å². The van der Waals surface area contributed by atoms with E-state index in [9.17, 15) is 0 Å². The Balaban J connectivity index is 1.64. The first-order valence-electron chi connectivity index (χ1n) is 6.64. The average Bonchev–Trinajstić information content (AvgIpc) is 3.09. The van der Waals surface area contributed by atoms with E-state index in [2.05, 4.69) is 42.8 Å². The molecule has 0 unspecified atom stereocenters. The van der Waals surface area contributed by atoms with E-state index in [-0.39, 0.29) is 0 Å². The molecule has 2 aromatic heterocycles. The highest BCUT2D eigenvalue weighted by molar-refractivity contribution is 7.09. The maximum atomic E-state index is 4.46. The second kappa shape index (κ2) is 8.01. The second-order valence-corrected chi connectivity index (χ2v) is 6.19. The normalized spacial score (nSPS) is 11.6. The molecule has 0 aromatic carbocycles. The van der Waals surface area contributed by atoms with Gasteiger partial charge in [0.25, 0.3) is 0 Å². The van der Waals surface area contributed by atoms with E-state index in [1.807, 2.05) is 6.92 Å². The van der Waals surface area contributed by atoms with E-state index < -0.39 is 0 Å². The van der Waals surface area contributed by atoms with Gasteiger partial charge in [-0.3, -0.25) is 4.99 Å². The Hall–Kier alpha value is -1.40. The third-order valence-corrected chi connectivity index (χ3v) is 4.55. The summed E-state index contributed by atoms with van der Waals surface area (Å²) in [5.41, 5.74) is 2.41. The van der Waals surface area contributed by atoms with Crippen LogP contribution in [-0.2, 0) is 13.0 Å². The molecule has 2 N–H and O–H groups in total. The van der Waals surface area contributed by atoms with Gasteiger partial charge in [0.15, 0.2) is 5.96 Å². The Morgan fingerprint density at radius 1 is 1.35 bits per heavy atom. The minimum Gasteiger partial charge on any atom is -0.356 e. The maximum Gasteiger partial charge on any atom is 0.191 e. The van der Waals surface area contributed by atoms with Crippen molar-refractivity contribution in [3.05, 3.63) is 38.5 Å². The summed E-state index contributed by atoms with van der Waals surface area (Å²) in [6.07, 6.45) is 2.08. The summed E-state index contributed by atoms with van der Waals surface area (Å²) in [4.78, 5) is 8.68. The zero-order valence-corrected chi connectivity index (χ0v) is 13.5. The minimum atomic E-state index is 0.814. The van der Waals surface area contributed by atoms with Gasteiger partial charge in [-0.05, 0) is 35.7 Å². The van der Waals surface area contributed by atoms with E-state index in [4.69, 9.17) is 0 Å². The van der Waals surface area contributed by atoms with E-state index in [1.165, 1.54) is 10.6 Å². The molecule has 0 radical (unpaired) electrons. The van der Waals surface area contributed by atoms with Crippen molar-refractivity contribution in [3.8, 4) is 0 Å². The van der Waals surface area contributed by atoms with Gasteiger partial charge in [0.1, 0.15) is 0 Å². The fraction of sp³-hybridized carbons (Fsp3) is 0.429. The lowest BCUT2D eigenvalue weighted by atomic mass is 10.3. The fourth-order valence-corrected chi connectivity index (χ4v) is 3.25. The molecule has 0 saturated heterocycles. The quantitative estimate of drug-likeness (QED) is 0.490. The van der Waals surface area contributed by atoms with Gasteiger partial charge in [-0.2, -0.15) is 11.3 Å². The number of thiophene rings is 1. The van der Waals surface area contributed by atoms with Crippen molar-refractivity contribution in [3.63, 3.8) is 0 Å². The predicted octanol–water partition coefficient (Wildman–Crippen LogP) is 2.81. The van der Waals surface area contributed by atoms with Crippen LogP contribution in [0.15, 0.2) is 27.2 Å². The summed E-state index contributed by atoms with van der Waals surface area (Å²) in [7, 11) is 1.80. The number of guanidine groups is 1. The van der Waals surface area contributed by atoms with Crippen molar-refractivity contribution in [2.75, 3.05) is 13.6 Å². The van der Waals surface area contributed by atoms with Crippen LogP contribution in [0.1, 0.15) is 22.7 Å². The van der Waals surface area contributed by atoms with Crippen LogP contribution in [0.4, 0.5) is 0 Å². The van der Waals surface area contributed by atoms with Crippen molar-refractivity contribution in [1.29, 1.82) is 0 Å². The lowest BCUT2D eigenvalue weighted by molar-refractivity contribution is 0.739. The second-order valence-electron chi connectivity index (χ2n) is 4.47. The molecule has 2 aromatic rings. The number of aryl methyl sites for hydroxylation is 2. The van der Waals surface area contributed by atoms with Crippen LogP contribution in [0.3, 0.4) is 0 Å². The van der Waals surface area contributed by atoms with Gasteiger partial charge < -0.3 is 10.6 Å². The number of nitrogens with one attached hydrogen (secondary N) is 2. The molecule has 6 heteroatoms. The van der Waals surface area contributed by atoms with Crippen LogP contribution in [0.2, 0.25) is 0 Å². The number of nitrogens with zero attached hydrogens (tertiary/aromatic N) is 2. The molecule has 0 spiro atoms.